The van der Waals surface area contributed by atoms with Gasteiger partial charge in [-0.1, -0.05) is 41.0 Å². The second-order valence-corrected chi connectivity index (χ2v) is 15.8. The minimum Gasteiger partial charge on any atom is -0.507 e. The van der Waals surface area contributed by atoms with E-state index in [0.29, 0.717) is 19.3 Å². The van der Waals surface area contributed by atoms with Gasteiger partial charge in [-0.3, -0.25) is 14.4 Å². The molecule has 0 saturated heterocycles. The highest BCUT2D eigenvalue weighted by molar-refractivity contribution is 7.98. The van der Waals surface area contributed by atoms with Crippen molar-refractivity contribution in [1.82, 2.24) is 0 Å². The van der Waals surface area contributed by atoms with E-state index in [9.17, 15) is 45.0 Å². The number of carboxylic acid groups (broad SMARTS) is 1. The van der Waals surface area contributed by atoms with Crippen LogP contribution in [0.2, 0.25) is 0 Å². The number of nitrogens with one attached hydrogen (secondary N) is 1. The third-order valence-electron chi connectivity index (χ3n) is 11.6. The number of aliphatic carboxylic acids is 1. The van der Waals surface area contributed by atoms with Crippen LogP contribution in [0.1, 0.15) is 89.6 Å². The van der Waals surface area contributed by atoms with Gasteiger partial charge in [0.05, 0.1) is 40.8 Å². The first-order valence-electron chi connectivity index (χ1n) is 17.9. The number of thioether (sulfide) groups is 1. The van der Waals surface area contributed by atoms with Gasteiger partial charge in [-0.2, -0.15) is 0 Å². The molecule has 0 spiro atoms. The number of ether oxygens (including phenoxy) is 3. The number of carbonyl (C=O) groups excluding carboxylic acids is 2. The van der Waals surface area contributed by atoms with Crippen LogP contribution in [0.25, 0.3) is 10.8 Å². The molecule has 3 heterocycles. The normalized spacial score (nSPS) is 32.6. The van der Waals surface area contributed by atoms with Gasteiger partial charge in [0, 0.05) is 43.2 Å². The van der Waals surface area contributed by atoms with Crippen molar-refractivity contribution in [3.63, 3.8) is 0 Å². The summed E-state index contributed by atoms with van der Waals surface area (Å²) in [6, 6.07) is 0. The SMILES string of the molecule is CO[C@H]1CCO[C@]2(C)Oc3c(C)c(O)c4c(O)c(c(SC)c(O)c4c3C2=O)NC(=O)[C@@H](C)CCC[C@H](C)[C@H](O)[C@H](C)[C@@H](O)[C@@H](C)[C@H](CC(=O)O)[C@@H]1C. The Balaban J connectivity index is 1.82. The molecule has 52 heavy (non-hydrogen) atoms. The first-order valence-corrected chi connectivity index (χ1v) is 19.2. The van der Waals surface area contributed by atoms with Crippen LogP contribution in [0.4, 0.5) is 5.69 Å². The molecule has 2 aromatic rings. The van der Waals surface area contributed by atoms with Gasteiger partial charge in [-0.15, -0.1) is 11.8 Å². The first-order chi connectivity index (χ1) is 24.3. The molecule has 5 rings (SSSR count). The van der Waals surface area contributed by atoms with Gasteiger partial charge in [0.1, 0.15) is 22.9 Å². The zero-order chi connectivity index (χ0) is 39.0. The van der Waals surface area contributed by atoms with Crippen molar-refractivity contribution in [3.8, 4) is 23.0 Å². The molecule has 0 aromatic heterocycles. The number of methoxy groups -OCH3 is 1. The third-order valence-corrected chi connectivity index (χ3v) is 12.4. The Morgan fingerprint density at radius 2 is 1.60 bits per heavy atom. The van der Waals surface area contributed by atoms with E-state index in [-0.39, 0.29) is 63.6 Å². The summed E-state index contributed by atoms with van der Waals surface area (Å²) in [5, 5.41) is 69.6. The van der Waals surface area contributed by atoms with Crippen molar-refractivity contribution in [3.05, 3.63) is 11.1 Å². The minimum atomic E-state index is -1.90. The lowest BCUT2D eigenvalue weighted by Crippen LogP contribution is -2.44. The van der Waals surface area contributed by atoms with Crippen LogP contribution in [0.3, 0.4) is 0 Å². The average Bonchev–Trinajstić information content (AvgIpc) is 3.36. The molecule has 290 valence electrons. The Labute approximate surface area is 309 Å². The molecule has 0 fully saturated rings. The lowest BCUT2D eigenvalue weighted by molar-refractivity contribution is -0.143. The van der Waals surface area contributed by atoms with Gasteiger partial charge >= 0.3 is 5.97 Å². The van der Waals surface area contributed by atoms with Crippen LogP contribution in [0.5, 0.6) is 23.0 Å². The number of carboxylic acids is 1. The Bertz CT molecular complexity index is 1680. The first kappa shape index (κ1) is 41.5. The van der Waals surface area contributed by atoms with Gasteiger partial charge in [-0.25, -0.2) is 0 Å². The summed E-state index contributed by atoms with van der Waals surface area (Å²) in [6.07, 6.45) is 0.605. The molecule has 0 radical (unpaired) electrons. The Morgan fingerprint density at radius 3 is 2.19 bits per heavy atom. The maximum absolute atomic E-state index is 14.2. The minimum absolute atomic E-state index is 0.0262. The highest BCUT2D eigenvalue weighted by atomic mass is 32.2. The lowest BCUT2D eigenvalue weighted by atomic mass is 9.71. The third kappa shape index (κ3) is 7.68. The number of phenols is 3. The van der Waals surface area contributed by atoms with Gasteiger partial charge in [0.25, 0.3) is 5.79 Å². The molecule has 14 heteroatoms. The Kier molecular flexibility index (Phi) is 13.1. The number of amides is 1. The number of ketones is 1. The van der Waals surface area contributed by atoms with E-state index in [1.54, 1.807) is 27.0 Å². The van der Waals surface area contributed by atoms with E-state index < -0.39 is 88.6 Å². The van der Waals surface area contributed by atoms with Crippen molar-refractivity contribution >= 4 is 45.9 Å². The molecule has 3 aliphatic rings. The Hall–Kier alpha value is -3.30. The number of phenolic OH excluding ortho intramolecular Hbond substituents is 3. The zero-order valence-electron chi connectivity index (χ0n) is 31.5. The van der Waals surface area contributed by atoms with E-state index in [0.717, 1.165) is 11.8 Å². The smallest absolute Gasteiger partial charge is 0.303 e. The topological polar surface area (TPSA) is 212 Å². The van der Waals surface area contributed by atoms with Gasteiger partial charge < -0.3 is 50.2 Å². The maximum Gasteiger partial charge on any atom is 0.303 e. The zero-order valence-corrected chi connectivity index (χ0v) is 32.3. The summed E-state index contributed by atoms with van der Waals surface area (Å²) in [5.41, 5.74) is -0.0857. The number of aliphatic hydroxyl groups is 2. The summed E-state index contributed by atoms with van der Waals surface area (Å²) < 4.78 is 18.0. The molecule has 0 aliphatic carbocycles. The van der Waals surface area contributed by atoms with Crippen LogP contribution < -0.4 is 10.1 Å². The standard InChI is InChI=1S/C38H55NO12S/c1-16-11-10-12-17(2)37(48)39-28-32(45)26-25(33(46)35(28)52-9)27-34(21(6)31(26)44)51-38(7,36(27)47)50-14-13-23(49-8)18(3)22(15-24(40)41)19(4)30(43)20(5)29(16)42/h16-20,22-23,29-30,42-46H,10-15H2,1-9H3,(H,39,48)(H,40,41)/t16-,17-,18-,19-,20-,22+,23-,29-,30-,38+/m0/s1. The molecule has 10 atom stereocenters. The van der Waals surface area contributed by atoms with E-state index in [4.69, 9.17) is 14.2 Å². The van der Waals surface area contributed by atoms with Crippen molar-refractivity contribution in [2.24, 2.45) is 35.5 Å². The predicted octanol–water partition coefficient (Wildman–Crippen LogP) is 5.82. The number of aliphatic hydroxyl groups excluding tert-OH is 2. The monoisotopic (exact) mass is 749 g/mol. The molecule has 3 aliphatic heterocycles. The molecule has 0 unspecified atom stereocenters. The largest absolute Gasteiger partial charge is 0.507 e. The average molecular weight is 750 g/mol. The summed E-state index contributed by atoms with van der Waals surface area (Å²) >= 11 is 1.03. The molecular weight excluding hydrogens is 694 g/mol. The number of carbonyl (C=O) groups is 3. The highest BCUT2D eigenvalue weighted by Gasteiger charge is 2.49. The van der Waals surface area contributed by atoms with Crippen LogP contribution in [0.15, 0.2) is 4.90 Å². The predicted molar refractivity (Wildman–Crippen MR) is 196 cm³/mol. The summed E-state index contributed by atoms with van der Waals surface area (Å²) in [4.78, 5) is 39.8. The second-order valence-electron chi connectivity index (χ2n) is 14.9. The quantitative estimate of drug-likeness (QED) is 0.112. The highest BCUT2D eigenvalue weighted by Crippen LogP contribution is 2.57. The number of aromatic hydroxyl groups is 3. The van der Waals surface area contributed by atoms with E-state index in [1.165, 1.54) is 21.0 Å². The number of Topliss-reactive ketones (excluding diaryl/α,β-unsaturated/α-hetero) is 1. The number of hydrogen-bond donors (Lipinski definition) is 7. The fraction of sp³-hybridized carbons (Fsp3) is 0.658. The lowest BCUT2D eigenvalue weighted by Gasteiger charge is -2.39. The maximum atomic E-state index is 14.2. The van der Waals surface area contributed by atoms with E-state index >= 15 is 0 Å². The second kappa shape index (κ2) is 16.4. The van der Waals surface area contributed by atoms with Crippen molar-refractivity contribution in [2.45, 2.75) is 110 Å². The summed E-state index contributed by atoms with van der Waals surface area (Å²) in [7, 11) is 1.49. The van der Waals surface area contributed by atoms with Gasteiger partial charge in [0.2, 0.25) is 11.7 Å². The van der Waals surface area contributed by atoms with Crippen molar-refractivity contribution in [2.75, 3.05) is 25.3 Å². The van der Waals surface area contributed by atoms with Crippen molar-refractivity contribution in [1.29, 1.82) is 0 Å². The van der Waals surface area contributed by atoms with Crippen LogP contribution in [-0.2, 0) is 19.1 Å². The molecular formula is C38H55NO12S. The summed E-state index contributed by atoms with van der Waals surface area (Å²) in [5.74, 6) is -8.38. The van der Waals surface area contributed by atoms with Gasteiger partial charge in [0.15, 0.2) is 5.75 Å². The molecule has 7 N–H and O–H groups in total. The summed E-state index contributed by atoms with van der Waals surface area (Å²) in [6.45, 7) is 11.8. The number of rotatable bonds is 4. The van der Waals surface area contributed by atoms with Crippen molar-refractivity contribution < 1.29 is 59.2 Å². The van der Waals surface area contributed by atoms with Crippen LogP contribution in [0, 0.1) is 42.4 Å². The Morgan fingerprint density at radius 1 is 0.942 bits per heavy atom. The number of anilines is 1. The number of hydrogen-bond acceptors (Lipinski definition) is 12. The van der Waals surface area contributed by atoms with Gasteiger partial charge in [-0.05, 0) is 56.1 Å². The number of benzene rings is 2. The molecule has 5 bridgehead atoms. The molecule has 13 nitrogen and oxygen atoms in total. The van der Waals surface area contributed by atoms with E-state index in [2.05, 4.69) is 5.32 Å². The number of fused-ring (bicyclic) bond motifs is 17. The molecule has 1 amide bonds. The molecule has 0 saturated carbocycles. The van der Waals surface area contributed by atoms with Crippen LogP contribution in [-0.4, -0.2) is 92.4 Å². The van der Waals surface area contributed by atoms with E-state index in [1.807, 2.05) is 13.8 Å². The van der Waals surface area contributed by atoms with Crippen LogP contribution >= 0.6 is 11.8 Å². The fourth-order valence-electron chi connectivity index (χ4n) is 8.03. The fourth-order valence-corrected chi connectivity index (χ4v) is 8.68. The molecule has 2 aromatic carbocycles.